The molecule has 1 N–H and O–H groups in total. The van der Waals surface area contributed by atoms with Gasteiger partial charge in [-0.25, -0.2) is 4.39 Å². The van der Waals surface area contributed by atoms with E-state index < -0.39 is 11.9 Å². The molecule has 2 aromatic rings. The van der Waals surface area contributed by atoms with E-state index in [-0.39, 0.29) is 5.75 Å². The number of hydrogen-bond donors (Lipinski definition) is 1. The van der Waals surface area contributed by atoms with Crippen LogP contribution in [-0.2, 0) is 0 Å². The molecule has 2 aromatic carbocycles. The lowest BCUT2D eigenvalue weighted by Gasteiger charge is -2.16. The monoisotopic (exact) mass is 275 g/mol. The van der Waals surface area contributed by atoms with Crippen molar-refractivity contribution in [3.8, 4) is 11.5 Å². The maximum absolute atomic E-state index is 13.9. The number of nitrogens with zero attached hydrogens (tertiary/aromatic N) is 1. The number of benzene rings is 2. The molecule has 106 valence electrons. The first-order valence-corrected chi connectivity index (χ1v) is 6.40. The first-order valence-electron chi connectivity index (χ1n) is 6.40. The highest BCUT2D eigenvalue weighted by Gasteiger charge is 2.14. The fourth-order valence-corrected chi connectivity index (χ4v) is 1.91. The van der Waals surface area contributed by atoms with Crippen LogP contribution in [0.1, 0.15) is 18.6 Å². The van der Waals surface area contributed by atoms with E-state index in [0.717, 1.165) is 5.69 Å². The molecule has 0 radical (unpaired) electrons. The molecule has 0 amide bonds. The highest BCUT2D eigenvalue weighted by atomic mass is 19.1. The molecule has 0 aliphatic heterocycles. The van der Waals surface area contributed by atoms with Crippen LogP contribution in [0.5, 0.6) is 11.5 Å². The lowest BCUT2D eigenvalue weighted by atomic mass is 10.1. The normalized spacial score (nSPS) is 12.1. The van der Waals surface area contributed by atoms with Gasteiger partial charge >= 0.3 is 0 Å². The summed E-state index contributed by atoms with van der Waals surface area (Å²) in [7, 11) is 3.84. The fraction of sp³-hybridized carbons (Fsp3) is 0.250. The van der Waals surface area contributed by atoms with Gasteiger partial charge in [-0.1, -0.05) is 18.2 Å². The Morgan fingerprint density at radius 2 is 1.85 bits per heavy atom. The van der Waals surface area contributed by atoms with Crippen LogP contribution in [0.3, 0.4) is 0 Å². The topological polar surface area (TPSA) is 32.7 Å². The zero-order valence-corrected chi connectivity index (χ0v) is 11.8. The van der Waals surface area contributed by atoms with E-state index in [1.165, 1.54) is 6.07 Å². The number of para-hydroxylation sites is 1. The number of halogens is 1. The van der Waals surface area contributed by atoms with Gasteiger partial charge in [0.1, 0.15) is 5.75 Å². The molecule has 2 rings (SSSR count). The molecular weight excluding hydrogens is 257 g/mol. The van der Waals surface area contributed by atoms with Crippen LogP contribution in [0, 0.1) is 5.82 Å². The van der Waals surface area contributed by atoms with Gasteiger partial charge in [-0.15, -0.1) is 0 Å². The fourth-order valence-electron chi connectivity index (χ4n) is 1.91. The van der Waals surface area contributed by atoms with Crippen molar-refractivity contribution in [1.29, 1.82) is 0 Å². The smallest absolute Gasteiger partial charge is 0.168 e. The standard InChI is InChI=1S/C16H18FNO2/c1-11(19)14-8-5-9-15(17)16(14)20-13-7-4-6-12(10-13)18(2)3/h4-11,19H,1-3H3/t11-/m1/s1. The summed E-state index contributed by atoms with van der Waals surface area (Å²) in [5.74, 6) is 0.111. The third-order valence-corrected chi connectivity index (χ3v) is 3.00. The molecule has 0 heterocycles. The van der Waals surface area contributed by atoms with Crippen LogP contribution in [0.4, 0.5) is 10.1 Å². The van der Waals surface area contributed by atoms with E-state index in [0.29, 0.717) is 11.3 Å². The van der Waals surface area contributed by atoms with Crippen LogP contribution >= 0.6 is 0 Å². The largest absolute Gasteiger partial charge is 0.454 e. The van der Waals surface area contributed by atoms with Crippen molar-refractivity contribution in [2.24, 2.45) is 0 Å². The van der Waals surface area contributed by atoms with Gasteiger partial charge in [0.05, 0.1) is 6.10 Å². The van der Waals surface area contributed by atoms with E-state index in [1.807, 2.05) is 37.2 Å². The van der Waals surface area contributed by atoms with Crippen molar-refractivity contribution in [1.82, 2.24) is 0 Å². The second kappa shape index (κ2) is 5.92. The zero-order chi connectivity index (χ0) is 14.7. The van der Waals surface area contributed by atoms with Gasteiger partial charge in [0.15, 0.2) is 11.6 Å². The number of ether oxygens (including phenoxy) is 1. The molecule has 1 atom stereocenters. The number of aliphatic hydroxyl groups is 1. The minimum Gasteiger partial charge on any atom is -0.454 e. The van der Waals surface area contributed by atoms with Crippen molar-refractivity contribution < 1.29 is 14.2 Å². The molecular formula is C16H18FNO2. The van der Waals surface area contributed by atoms with Gasteiger partial charge in [-0.05, 0) is 25.1 Å². The second-order valence-electron chi connectivity index (χ2n) is 4.83. The maximum Gasteiger partial charge on any atom is 0.168 e. The highest BCUT2D eigenvalue weighted by molar-refractivity contribution is 5.51. The van der Waals surface area contributed by atoms with Gasteiger partial charge in [0.2, 0.25) is 0 Å². The Bertz CT molecular complexity index is 597. The van der Waals surface area contributed by atoms with Crippen molar-refractivity contribution >= 4 is 5.69 Å². The number of aliphatic hydroxyl groups excluding tert-OH is 1. The molecule has 20 heavy (non-hydrogen) atoms. The summed E-state index contributed by atoms with van der Waals surface area (Å²) < 4.78 is 19.5. The van der Waals surface area contributed by atoms with Crippen molar-refractivity contribution in [2.75, 3.05) is 19.0 Å². The minimum absolute atomic E-state index is 0.0680. The molecule has 0 aliphatic rings. The second-order valence-corrected chi connectivity index (χ2v) is 4.83. The summed E-state index contributed by atoms with van der Waals surface area (Å²) >= 11 is 0. The Hall–Kier alpha value is -2.07. The molecule has 0 fully saturated rings. The molecule has 0 aliphatic carbocycles. The van der Waals surface area contributed by atoms with Gasteiger partial charge in [0.25, 0.3) is 0 Å². The first kappa shape index (κ1) is 14.3. The molecule has 0 aromatic heterocycles. The lowest BCUT2D eigenvalue weighted by Crippen LogP contribution is -2.08. The Morgan fingerprint density at radius 1 is 1.15 bits per heavy atom. The van der Waals surface area contributed by atoms with E-state index in [1.54, 1.807) is 25.1 Å². The predicted molar refractivity (Wildman–Crippen MR) is 77.9 cm³/mol. The van der Waals surface area contributed by atoms with Crippen LogP contribution < -0.4 is 9.64 Å². The Balaban J connectivity index is 2.37. The third kappa shape index (κ3) is 3.08. The average molecular weight is 275 g/mol. The van der Waals surface area contributed by atoms with Gasteiger partial charge in [-0.3, -0.25) is 0 Å². The summed E-state index contributed by atoms with van der Waals surface area (Å²) in [5.41, 5.74) is 1.39. The van der Waals surface area contributed by atoms with E-state index in [2.05, 4.69) is 0 Å². The van der Waals surface area contributed by atoms with Gasteiger partial charge < -0.3 is 14.7 Å². The predicted octanol–water partition coefficient (Wildman–Crippen LogP) is 3.74. The first-order chi connectivity index (χ1) is 9.49. The number of hydrogen-bond acceptors (Lipinski definition) is 3. The van der Waals surface area contributed by atoms with Crippen molar-refractivity contribution in [3.05, 3.63) is 53.8 Å². The quantitative estimate of drug-likeness (QED) is 0.922. The van der Waals surface area contributed by atoms with Gasteiger partial charge in [0, 0.05) is 31.4 Å². The molecule has 0 saturated carbocycles. The Morgan fingerprint density at radius 3 is 2.50 bits per heavy atom. The minimum atomic E-state index is -0.794. The van der Waals surface area contributed by atoms with Crippen molar-refractivity contribution in [2.45, 2.75) is 13.0 Å². The van der Waals surface area contributed by atoms with E-state index >= 15 is 0 Å². The third-order valence-electron chi connectivity index (χ3n) is 3.00. The molecule has 4 heteroatoms. The average Bonchev–Trinajstić information content (AvgIpc) is 2.41. The molecule has 3 nitrogen and oxygen atoms in total. The Kier molecular flexibility index (Phi) is 4.25. The molecule has 0 unspecified atom stereocenters. The van der Waals surface area contributed by atoms with Crippen LogP contribution in [-0.4, -0.2) is 19.2 Å². The van der Waals surface area contributed by atoms with Gasteiger partial charge in [-0.2, -0.15) is 0 Å². The van der Waals surface area contributed by atoms with Crippen LogP contribution in [0.25, 0.3) is 0 Å². The van der Waals surface area contributed by atoms with E-state index in [9.17, 15) is 9.50 Å². The summed E-state index contributed by atoms with van der Waals surface area (Å²) in [5, 5.41) is 9.69. The summed E-state index contributed by atoms with van der Waals surface area (Å²) in [6.45, 7) is 1.58. The number of anilines is 1. The van der Waals surface area contributed by atoms with Crippen LogP contribution in [0.15, 0.2) is 42.5 Å². The lowest BCUT2D eigenvalue weighted by molar-refractivity contribution is 0.194. The molecule has 0 bridgehead atoms. The van der Waals surface area contributed by atoms with E-state index in [4.69, 9.17) is 4.74 Å². The summed E-state index contributed by atoms with van der Waals surface area (Å²) in [4.78, 5) is 1.93. The molecule has 0 spiro atoms. The summed E-state index contributed by atoms with van der Waals surface area (Å²) in [6.07, 6.45) is -0.794. The van der Waals surface area contributed by atoms with Crippen LogP contribution in [0.2, 0.25) is 0 Å². The Labute approximate surface area is 118 Å². The summed E-state index contributed by atoms with van der Waals surface area (Å²) in [6, 6.07) is 11.9. The highest BCUT2D eigenvalue weighted by Crippen LogP contribution is 2.33. The maximum atomic E-state index is 13.9. The SMILES string of the molecule is C[C@@H](O)c1cccc(F)c1Oc1cccc(N(C)C)c1. The zero-order valence-electron chi connectivity index (χ0n) is 11.8. The number of rotatable bonds is 4. The van der Waals surface area contributed by atoms with Crippen molar-refractivity contribution in [3.63, 3.8) is 0 Å². The molecule has 0 saturated heterocycles.